The lowest BCUT2D eigenvalue weighted by molar-refractivity contribution is -0.133. The van der Waals surface area contributed by atoms with E-state index in [2.05, 4.69) is 15.0 Å². The second-order valence-corrected chi connectivity index (χ2v) is 6.49. The molecule has 22 heavy (non-hydrogen) atoms. The monoisotopic (exact) mass is 320 g/mol. The largest absolute Gasteiger partial charge is 0.389 e. The first-order chi connectivity index (χ1) is 10.4. The van der Waals surface area contributed by atoms with Crippen LogP contribution < -0.4 is 0 Å². The number of hydrogen-bond donors (Lipinski definition) is 1. The molecule has 2 aromatic rings. The Morgan fingerprint density at radius 3 is 2.77 bits per heavy atom. The van der Waals surface area contributed by atoms with E-state index in [0.29, 0.717) is 24.5 Å². The van der Waals surface area contributed by atoms with Gasteiger partial charge >= 0.3 is 0 Å². The van der Waals surface area contributed by atoms with Gasteiger partial charge in [0.05, 0.1) is 23.9 Å². The molecule has 0 saturated carbocycles. The van der Waals surface area contributed by atoms with Crippen LogP contribution in [0.25, 0.3) is 10.7 Å². The van der Waals surface area contributed by atoms with Crippen LogP contribution in [0.1, 0.15) is 26.5 Å². The molecule has 118 valence electrons. The van der Waals surface area contributed by atoms with Crippen molar-refractivity contribution in [3.63, 3.8) is 0 Å². The Morgan fingerprint density at radius 2 is 2.18 bits per heavy atom. The first-order valence-electron chi connectivity index (χ1n) is 7.10. The van der Waals surface area contributed by atoms with Crippen LogP contribution in [-0.2, 0) is 11.2 Å². The molecule has 0 radical (unpaired) electrons. The van der Waals surface area contributed by atoms with Crippen LogP contribution >= 0.6 is 11.3 Å². The molecule has 1 amide bonds. The maximum Gasteiger partial charge on any atom is 0.228 e. The number of aromatic nitrogens is 3. The summed E-state index contributed by atoms with van der Waals surface area (Å²) in [7, 11) is 0. The Hall–Kier alpha value is -1.86. The average Bonchev–Trinajstić information content (AvgIpc) is 2.93. The van der Waals surface area contributed by atoms with Gasteiger partial charge in [0.15, 0.2) is 0 Å². The fourth-order valence-corrected chi connectivity index (χ4v) is 2.81. The standard InChI is InChI=1S/C15H20N4O2S/c1-4-19(10-15(2,3)21)13(20)7-11-9-22-14(18-11)12-8-16-5-6-17-12/h5-6,8-9,21H,4,7,10H2,1-3H3. The maximum absolute atomic E-state index is 12.3. The van der Waals surface area contributed by atoms with Gasteiger partial charge in [0, 0.05) is 30.9 Å². The predicted octanol–water partition coefficient (Wildman–Crippen LogP) is 1.76. The van der Waals surface area contributed by atoms with Crippen LogP contribution in [0.5, 0.6) is 0 Å². The SMILES string of the molecule is CCN(CC(C)(C)O)C(=O)Cc1csc(-c2cnccn2)n1. The number of nitrogens with zero attached hydrogens (tertiary/aromatic N) is 4. The number of rotatable bonds is 6. The van der Waals surface area contributed by atoms with Crippen molar-refractivity contribution in [2.45, 2.75) is 32.8 Å². The van der Waals surface area contributed by atoms with Gasteiger partial charge in [-0.1, -0.05) is 0 Å². The van der Waals surface area contributed by atoms with E-state index < -0.39 is 5.60 Å². The lowest BCUT2D eigenvalue weighted by atomic mass is 10.1. The molecule has 0 saturated heterocycles. The smallest absolute Gasteiger partial charge is 0.228 e. The molecule has 0 spiro atoms. The normalized spacial score (nSPS) is 11.5. The second kappa shape index (κ2) is 6.93. The Labute approximate surface area is 133 Å². The fourth-order valence-electron chi connectivity index (χ4n) is 2.03. The number of carbonyl (C=O) groups excluding carboxylic acids is 1. The average molecular weight is 320 g/mol. The zero-order valence-corrected chi connectivity index (χ0v) is 13.8. The van der Waals surface area contributed by atoms with Gasteiger partial charge in [0.2, 0.25) is 5.91 Å². The van der Waals surface area contributed by atoms with Gasteiger partial charge < -0.3 is 10.0 Å². The fraction of sp³-hybridized carbons (Fsp3) is 0.467. The zero-order valence-electron chi connectivity index (χ0n) is 13.0. The summed E-state index contributed by atoms with van der Waals surface area (Å²) in [5, 5.41) is 12.5. The molecule has 0 aliphatic carbocycles. The van der Waals surface area contributed by atoms with Crippen LogP contribution in [0.15, 0.2) is 24.0 Å². The summed E-state index contributed by atoms with van der Waals surface area (Å²) in [4.78, 5) is 26.6. The maximum atomic E-state index is 12.3. The van der Waals surface area contributed by atoms with E-state index >= 15 is 0 Å². The minimum Gasteiger partial charge on any atom is -0.389 e. The summed E-state index contributed by atoms with van der Waals surface area (Å²) in [5.41, 5.74) is 0.512. The third-order valence-electron chi connectivity index (χ3n) is 2.98. The zero-order chi connectivity index (χ0) is 16.2. The molecule has 0 aliphatic rings. The van der Waals surface area contributed by atoms with Gasteiger partial charge in [-0.15, -0.1) is 11.3 Å². The highest BCUT2D eigenvalue weighted by Gasteiger charge is 2.22. The van der Waals surface area contributed by atoms with Crippen molar-refractivity contribution in [2.24, 2.45) is 0 Å². The summed E-state index contributed by atoms with van der Waals surface area (Å²) in [6.07, 6.45) is 5.10. The lowest BCUT2D eigenvalue weighted by Crippen LogP contribution is -2.42. The van der Waals surface area contributed by atoms with Crippen LogP contribution in [0.4, 0.5) is 0 Å². The molecule has 0 atom stereocenters. The van der Waals surface area contributed by atoms with Gasteiger partial charge in [-0.2, -0.15) is 0 Å². The van der Waals surface area contributed by atoms with Crippen molar-refractivity contribution in [3.05, 3.63) is 29.7 Å². The molecule has 0 fully saturated rings. The van der Waals surface area contributed by atoms with Crippen molar-refractivity contribution in [3.8, 4) is 10.7 Å². The number of aliphatic hydroxyl groups is 1. The van der Waals surface area contributed by atoms with E-state index in [1.165, 1.54) is 11.3 Å². The molecule has 0 bridgehead atoms. The number of carbonyl (C=O) groups is 1. The van der Waals surface area contributed by atoms with Crippen molar-refractivity contribution in [1.82, 2.24) is 19.9 Å². The minimum absolute atomic E-state index is 0.0411. The summed E-state index contributed by atoms with van der Waals surface area (Å²) >= 11 is 1.44. The van der Waals surface area contributed by atoms with E-state index in [1.807, 2.05) is 12.3 Å². The minimum atomic E-state index is -0.904. The summed E-state index contributed by atoms with van der Waals surface area (Å²) < 4.78 is 0. The topological polar surface area (TPSA) is 79.2 Å². The molecule has 0 aliphatic heterocycles. The highest BCUT2D eigenvalue weighted by atomic mass is 32.1. The van der Waals surface area contributed by atoms with Crippen LogP contribution in [0.3, 0.4) is 0 Å². The number of thiazole rings is 1. The number of hydrogen-bond acceptors (Lipinski definition) is 6. The molecule has 2 aromatic heterocycles. The third-order valence-corrected chi connectivity index (χ3v) is 3.89. The predicted molar refractivity (Wildman–Crippen MR) is 85.4 cm³/mol. The molecular formula is C15H20N4O2S. The van der Waals surface area contributed by atoms with Crippen molar-refractivity contribution in [2.75, 3.05) is 13.1 Å². The Kier molecular flexibility index (Phi) is 5.20. The summed E-state index contributed by atoms with van der Waals surface area (Å²) in [6, 6.07) is 0. The molecule has 2 rings (SSSR count). The van der Waals surface area contributed by atoms with Gasteiger partial charge in [-0.05, 0) is 20.8 Å². The Morgan fingerprint density at radius 1 is 1.41 bits per heavy atom. The Balaban J connectivity index is 2.04. The first kappa shape index (κ1) is 16.5. The van der Waals surface area contributed by atoms with Crippen LogP contribution in [-0.4, -0.2) is 49.6 Å². The van der Waals surface area contributed by atoms with Gasteiger partial charge in [0.25, 0.3) is 0 Å². The summed E-state index contributed by atoms with van der Waals surface area (Å²) in [5.74, 6) is -0.0411. The van der Waals surface area contributed by atoms with Gasteiger partial charge in [-0.3, -0.25) is 14.8 Å². The van der Waals surface area contributed by atoms with Crippen LogP contribution in [0, 0.1) is 0 Å². The van der Waals surface area contributed by atoms with Crippen molar-refractivity contribution >= 4 is 17.2 Å². The number of amides is 1. The molecule has 0 unspecified atom stereocenters. The Bertz CT molecular complexity index is 622. The molecule has 2 heterocycles. The molecular weight excluding hydrogens is 300 g/mol. The van der Waals surface area contributed by atoms with E-state index in [1.54, 1.807) is 37.3 Å². The third kappa shape index (κ3) is 4.57. The highest BCUT2D eigenvalue weighted by molar-refractivity contribution is 7.13. The molecule has 7 heteroatoms. The molecule has 1 N–H and O–H groups in total. The number of likely N-dealkylation sites (N-methyl/N-ethyl adjacent to an activating group) is 1. The lowest BCUT2D eigenvalue weighted by Gasteiger charge is -2.28. The summed E-state index contributed by atoms with van der Waals surface area (Å²) in [6.45, 7) is 6.15. The van der Waals surface area contributed by atoms with Crippen molar-refractivity contribution in [1.29, 1.82) is 0 Å². The molecule has 6 nitrogen and oxygen atoms in total. The van der Waals surface area contributed by atoms with E-state index in [0.717, 1.165) is 5.01 Å². The van der Waals surface area contributed by atoms with Crippen molar-refractivity contribution < 1.29 is 9.90 Å². The van der Waals surface area contributed by atoms with Gasteiger partial charge in [0.1, 0.15) is 10.7 Å². The molecule has 0 aromatic carbocycles. The van der Waals surface area contributed by atoms with Crippen LogP contribution in [0.2, 0.25) is 0 Å². The highest BCUT2D eigenvalue weighted by Crippen LogP contribution is 2.21. The quantitative estimate of drug-likeness (QED) is 0.877. The second-order valence-electron chi connectivity index (χ2n) is 5.63. The first-order valence-corrected chi connectivity index (χ1v) is 7.98. The van der Waals surface area contributed by atoms with Gasteiger partial charge in [-0.25, -0.2) is 4.98 Å². The van der Waals surface area contributed by atoms with E-state index in [-0.39, 0.29) is 12.3 Å². The van der Waals surface area contributed by atoms with E-state index in [9.17, 15) is 9.90 Å². The van der Waals surface area contributed by atoms with E-state index in [4.69, 9.17) is 0 Å².